The van der Waals surface area contributed by atoms with Crippen LogP contribution in [-0.2, 0) is 46.3 Å². The number of nitrogens with one attached hydrogen (secondary N) is 4. The lowest BCUT2D eigenvalue weighted by molar-refractivity contribution is -0.283. The molecule has 4 rings (SSSR count). The fourth-order valence-electron chi connectivity index (χ4n) is 7.33. The van der Waals surface area contributed by atoms with Gasteiger partial charge >= 0.3 is 0 Å². The van der Waals surface area contributed by atoms with Crippen molar-refractivity contribution in [1.29, 1.82) is 0 Å². The molecule has 0 aromatic heterocycles. The number of nitrogens with two attached hydrogens (primary N) is 3. The first-order valence-electron chi connectivity index (χ1n) is 20.5. The molecule has 3 aromatic carbocycles. The molecule has 9 atom stereocenters. The van der Waals surface area contributed by atoms with Crippen LogP contribution >= 0.6 is 0 Å². The number of carbonyl (C=O) groups excluding carboxylic acids is 5. The minimum atomic E-state index is -1.73. The first-order chi connectivity index (χ1) is 29.0. The molecule has 0 radical (unpaired) electrons. The number of phenolic OH excluding ortho intramolecular Hbond substituents is 1. The van der Waals surface area contributed by atoms with E-state index in [2.05, 4.69) is 21.3 Å². The largest absolute Gasteiger partial charge is 0.508 e. The first kappa shape index (κ1) is 48.5. The van der Waals surface area contributed by atoms with E-state index in [4.69, 9.17) is 26.7 Å². The molecule has 61 heavy (non-hydrogen) atoms. The monoisotopic (exact) mass is 851 g/mol. The number of ether oxygens (including phenoxy) is 2. The van der Waals surface area contributed by atoms with Gasteiger partial charge in [0.2, 0.25) is 23.6 Å². The van der Waals surface area contributed by atoms with Crippen LogP contribution in [0.15, 0.2) is 54.6 Å². The van der Waals surface area contributed by atoms with Crippen LogP contribution in [0.25, 0.3) is 10.8 Å². The Morgan fingerprint density at radius 2 is 1.36 bits per heavy atom. The Morgan fingerprint density at radius 3 is 2.02 bits per heavy atom. The zero-order valence-electron chi connectivity index (χ0n) is 34.8. The first-order valence-corrected chi connectivity index (χ1v) is 20.5. The van der Waals surface area contributed by atoms with E-state index in [1.807, 2.05) is 42.5 Å². The lowest BCUT2D eigenvalue weighted by Crippen LogP contribution is -2.61. The molecule has 1 fully saturated rings. The van der Waals surface area contributed by atoms with Crippen LogP contribution in [-0.4, -0.2) is 125 Å². The molecule has 1 saturated heterocycles. The molecule has 0 bridgehead atoms. The van der Waals surface area contributed by atoms with Crippen molar-refractivity contribution in [2.45, 2.75) is 120 Å². The van der Waals surface area contributed by atoms with Crippen LogP contribution in [0.5, 0.6) is 5.75 Å². The molecule has 14 N–H and O–H groups in total. The zero-order valence-corrected chi connectivity index (χ0v) is 34.8. The van der Waals surface area contributed by atoms with Gasteiger partial charge in [-0.1, -0.05) is 42.5 Å². The SMILES string of the molecule is CO[C@@H]1O[C@H](C(=O)NCCCC[C@@H](NC(=O)[C@@H](N)Cc2c(C)cc(O)cc2C)C(=O)N[C@@H](Cc2ccc3ccccc3c2)C(=O)N[C@@H](CCCCN)C(N)=O)[C@@H](O)[C@H](O)[C@H]1O. The number of fused-ring (bicyclic) bond motifs is 1. The number of hydrogen-bond donors (Lipinski definition) is 11. The average molecular weight is 852 g/mol. The number of aromatic hydroxyl groups is 1. The highest BCUT2D eigenvalue weighted by atomic mass is 16.7. The minimum Gasteiger partial charge on any atom is -0.508 e. The lowest BCUT2D eigenvalue weighted by Gasteiger charge is -2.38. The summed E-state index contributed by atoms with van der Waals surface area (Å²) in [6, 6.07) is 11.8. The van der Waals surface area contributed by atoms with Crippen molar-refractivity contribution in [3.8, 4) is 5.75 Å². The van der Waals surface area contributed by atoms with Crippen LogP contribution in [0, 0.1) is 13.8 Å². The summed E-state index contributed by atoms with van der Waals surface area (Å²) in [4.78, 5) is 67.1. The average Bonchev–Trinajstić information content (AvgIpc) is 3.22. The van der Waals surface area contributed by atoms with Crippen molar-refractivity contribution < 1.29 is 53.9 Å². The highest BCUT2D eigenvalue weighted by Gasteiger charge is 2.47. The van der Waals surface area contributed by atoms with E-state index in [0.29, 0.717) is 24.9 Å². The van der Waals surface area contributed by atoms with Gasteiger partial charge in [-0.15, -0.1) is 0 Å². The van der Waals surface area contributed by atoms with Gasteiger partial charge in [-0.2, -0.15) is 0 Å². The second-order valence-electron chi connectivity index (χ2n) is 15.5. The van der Waals surface area contributed by atoms with E-state index in [-0.39, 0.29) is 50.8 Å². The number of rotatable bonds is 22. The second kappa shape index (κ2) is 23.1. The Hall–Kier alpha value is -5.21. The number of methoxy groups -OCH3 is 1. The molecule has 1 aliphatic rings. The van der Waals surface area contributed by atoms with Crippen molar-refractivity contribution in [2.24, 2.45) is 17.2 Å². The van der Waals surface area contributed by atoms with E-state index in [0.717, 1.165) is 27.5 Å². The van der Waals surface area contributed by atoms with Gasteiger partial charge in [0.15, 0.2) is 12.4 Å². The van der Waals surface area contributed by atoms with Gasteiger partial charge < -0.3 is 68.4 Å². The maximum absolute atomic E-state index is 14.2. The van der Waals surface area contributed by atoms with Crippen molar-refractivity contribution in [2.75, 3.05) is 20.2 Å². The number of unbranched alkanes of at least 4 members (excludes halogenated alkanes) is 2. The Labute approximate surface area is 354 Å². The third-order valence-electron chi connectivity index (χ3n) is 10.8. The summed E-state index contributed by atoms with van der Waals surface area (Å²) in [5.41, 5.74) is 20.6. The highest BCUT2D eigenvalue weighted by molar-refractivity contribution is 5.95. The van der Waals surface area contributed by atoms with E-state index < -0.39 is 84.4 Å². The minimum absolute atomic E-state index is 0.0209. The van der Waals surface area contributed by atoms with Gasteiger partial charge in [-0.3, -0.25) is 24.0 Å². The summed E-state index contributed by atoms with van der Waals surface area (Å²) in [7, 11) is 1.21. The molecule has 18 heteroatoms. The van der Waals surface area contributed by atoms with E-state index in [1.54, 1.807) is 26.0 Å². The number of primary amides is 1. The van der Waals surface area contributed by atoms with Gasteiger partial charge in [0, 0.05) is 20.1 Å². The maximum atomic E-state index is 14.2. The van der Waals surface area contributed by atoms with Gasteiger partial charge in [-0.25, -0.2) is 0 Å². The van der Waals surface area contributed by atoms with Crippen molar-refractivity contribution in [3.63, 3.8) is 0 Å². The van der Waals surface area contributed by atoms with Gasteiger partial charge in [0.25, 0.3) is 5.91 Å². The van der Waals surface area contributed by atoms with Crippen molar-refractivity contribution in [1.82, 2.24) is 21.3 Å². The zero-order chi connectivity index (χ0) is 44.8. The van der Waals surface area contributed by atoms with Crippen LogP contribution < -0.4 is 38.5 Å². The smallest absolute Gasteiger partial charge is 0.252 e. The number of aliphatic hydroxyl groups is 3. The molecule has 0 aliphatic carbocycles. The molecule has 5 amide bonds. The number of aryl methyl sites for hydroxylation is 2. The normalized spacial score (nSPS) is 20.8. The Morgan fingerprint density at radius 1 is 0.754 bits per heavy atom. The molecule has 1 heterocycles. The van der Waals surface area contributed by atoms with E-state index >= 15 is 0 Å². The third-order valence-corrected chi connectivity index (χ3v) is 10.8. The quantitative estimate of drug-likeness (QED) is 0.0546. The molecule has 0 spiro atoms. The second-order valence-corrected chi connectivity index (χ2v) is 15.5. The van der Waals surface area contributed by atoms with E-state index in [9.17, 15) is 44.4 Å². The van der Waals surface area contributed by atoms with Gasteiger partial charge in [0.1, 0.15) is 42.2 Å². The summed E-state index contributed by atoms with van der Waals surface area (Å²) in [5.74, 6) is -3.47. The standard InChI is InChI=1S/C43H61N7O11/c1-23-18-28(51)19-24(2)29(23)22-30(45)39(56)49-32(13-7-9-17-47-42(59)37-35(53)34(52)36(54)43(60-3)61-37)40(57)50-33(41(58)48-31(38(46)55)12-6-8-16-44)21-25-14-15-26-10-4-5-11-27(26)20-25/h4-5,10-11,14-15,18-20,30-37,43,51-54H,6-9,12-13,16-17,21-22,44-45H2,1-3H3,(H2,46,55)(H,47,59)(H,48,58)(H,49,56)(H,50,57)/t30-,31-,32+,33-,34-,35-,36+,37-,43+/m0/s1. The van der Waals surface area contributed by atoms with Crippen LogP contribution in [0.4, 0.5) is 0 Å². The van der Waals surface area contributed by atoms with Crippen LogP contribution in [0.2, 0.25) is 0 Å². The predicted molar refractivity (Wildman–Crippen MR) is 225 cm³/mol. The molecule has 1 aliphatic heterocycles. The highest BCUT2D eigenvalue weighted by Crippen LogP contribution is 2.23. The maximum Gasteiger partial charge on any atom is 0.252 e. The number of phenols is 1. The number of benzene rings is 3. The molecule has 0 saturated carbocycles. The van der Waals surface area contributed by atoms with E-state index in [1.165, 1.54) is 7.11 Å². The van der Waals surface area contributed by atoms with Crippen molar-refractivity contribution >= 4 is 40.3 Å². The Balaban J connectivity index is 1.53. The number of aliphatic hydroxyl groups excluding tert-OH is 3. The molecule has 3 aromatic rings. The summed E-state index contributed by atoms with van der Waals surface area (Å²) >= 11 is 0. The lowest BCUT2D eigenvalue weighted by atomic mass is 9.95. The summed E-state index contributed by atoms with van der Waals surface area (Å²) < 4.78 is 10.3. The van der Waals surface area contributed by atoms with Gasteiger partial charge in [-0.05, 0) is 110 Å². The Bertz CT molecular complexity index is 1960. The number of hydrogen-bond acceptors (Lipinski definition) is 13. The molecule has 0 unspecified atom stereocenters. The topological polar surface area (TPSA) is 311 Å². The van der Waals surface area contributed by atoms with Crippen LogP contribution in [0.1, 0.15) is 60.8 Å². The molecule has 334 valence electrons. The fraction of sp³-hybridized carbons (Fsp3) is 0.512. The fourth-order valence-corrected chi connectivity index (χ4v) is 7.33. The molecule has 18 nitrogen and oxygen atoms in total. The number of amides is 5. The van der Waals surface area contributed by atoms with Crippen molar-refractivity contribution in [3.05, 3.63) is 76.9 Å². The predicted octanol–water partition coefficient (Wildman–Crippen LogP) is -0.916. The van der Waals surface area contributed by atoms with Crippen LogP contribution in [0.3, 0.4) is 0 Å². The third kappa shape index (κ3) is 13.6. The molecular weight excluding hydrogens is 791 g/mol. The number of carbonyl (C=O) groups is 5. The molecular formula is C43H61N7O11. The van der Waals surface area contributed by atoms with Gasteiger partial charge in [0.05, 0.1) is 6.04 Å². The Kier molecular flexibility index (Phi) is 18.4. The summed E-state index contributed by atoms with van der Waals surface area (Å²) in [6.07, 6.45) is -5.84. The summed E-state index contributed by atoms with van der Waals surface area (Å²) in [5, 5.41) is 53.3. The summed E-state index contributed by atoms with van der Waals surface area (Å²) in [6.45, 7) is 3.99.